The van der Waals surface area contributed by atoms with Crippen LogP contribution in [0, 0.1) is 0 Å². The van der Waals surface area contributed by atoms with Crippen molar-refractivity contribution in [3.05, 3.63) is 24.3 Å². The van der Waals surface area contributed by atoms with Gasteiger partial charge in [0.1, 0.15) is 12.4 Å². The third kappa shape index (κ3) is 4.69. The summed E-state index contributed by atoms with van der Waals surface area (Å²) in [6, 6.07) is 8.68. The van der Waals surface area contributed by atoms with Crippen LogP contribution in [0.1, 0.15) is 26.2 Å². The number of hydrogen-bond acceptors (Lipinski definition) is 4. The zero-order valence-corrected chi connectivity index (χ0v) is 12.4. The van der Waals surface area contributed by atoms with E-state index in [0.29, 0.717) is 19.3 Å². The van der Waals surface area contributed by atoms with Gasteiger partial charge in [0, 0.05) is 31.4 Å². The molecule has 2 rings (SSSR count). The van der Waals surface area contributed by atoms with Gasteiger partial charge in [0.25, 0.3) is 0 Å². The highest BCUT2D eigenvalue weighted by Crippen LogP contribution is 2.22. The molecule has 1 aliphatic heterocycles. The normalized spacial score (nSPS) is 16.4. The molecule has 1 fully saturated rings. The summed E-state index contributed by atoms with van der Waals surface area (Å²) >= 11 is 0. The molecule has 0 saturated carbocycles. The van der Waals surface area contributed by atoms with E-state index in [2.05, 4.69) is 24.0 Å². The minimum atomic E-state index is 0.372. The maximum atomic E-state index is 5.93. The standard InChI is InChI=1S/C16H26N2O2/c1-2-11-19-12-13-20-16-5-3-15(4-6-16)18-9-7-14(17)8-10-18/h3-6,14H,2,7-13,17H2,1H3. The highest BCUT2D eigenvalue weighted by molar-refractivity contribution is 5.49. The number of rotatable bonds is 7. The Morgan fingerprint density at radius 1 is 1.10 bits per heavy atom. The predicted octanol–water partition coefficient (Wildman–Crippen LogP) is 2.42. The van der Waals surface area contributed by atoms with Gasteiger partial charge in [0.15, 0.2) is 0 Å². The SMILES string of the molecule is CCCOCCOc1ccc(N2CCC(N)CC2)cc1. The molecule has 1 aromatic rings. The van der Waals surface area contributed by atoms with Crippen molar-refractivity contribution in [3.8, 4) is 5.75 Å². The molecule has 112 valence electrons. The largest absolute Gasteiger partial charge is 0.491 e. The van der Waals surface area contributed by atoms with E-state index in [-0.39, 0.29) is 0 Å². The topological polar surface area (TPSA) is 47.7 Å². The average molecular weight is 278 g/mol. The number of nitrogens with zero attached hydrogens (tertiary/aromatic N) is 1. The lowest BCUT2D eigenvalue weighted by Crippen LogP contribution is -2.39. The van der Waals surface area contributed by atoms with Crippen LogP contribution in [0.4, 0.5) is 5.69 Å². The van der Waals surface area contributed by atoms with E-state index in [1.165, 1.54) is 5.69 Å². The highest BCUT2D eigenvalue weighted by atomic mass is 16.5. The molecule has 0 bridgehead atoms. The molecule has 0 atom stereocenters. The summed E-state index contributed by atoms with van der Waals surface area (Å²) in [6.07, 6.45) is 3.20. The van der Waals surface area contributed by atoms with Crippen LogP contribution in [0.25, 0.3) is 0 Å². The second-order valence-electron chi connectivity index (χ2n) is 5.28. The first-order valence-electron chi connectivity index (χ1n) is 7.60. The lowest BCUT2D eigenvalue weighted by Gasteiger charge is -2.32. The fourth-order valence-electron chi connectivity index (χ4n) is 2.38. The Kier molecular flexibility index (Phi) is 6.15. The van der Waals surface area contributed by atoms with E-state index in [1.54, 1.807) is 0 Å². The summed E-state index contributed by atoms with van der Waals surface area (Å²) in [5, 5.41) is 0. The smallest absolute Gasteiger partial charge is 0.119 e. The van der Waals surface area contributed by atoms with Crippen molar-refractivity contribution in [2.45, 2.75) is 32.2 Å². The first kappa shape index (κ1) is 15.1. The van der Waals surface area contributed by atoms with Gasteiger partial charge in [-0.3, -0.25) is 0 Å². The summed E-state index contributed by atoms with van der Waals surface area (Å²) < 4.78 is 11.0. The second-order valence-corrected chi connectivity index (χ2v) is 5.28. The van der Waals surface area contributed by atoms with Gasteiger partial charge < -0.3 is 20.1 Å². The predicted molar refractivity (Wildman–Crippen MR) is 82.5 cm³/mol. The van der Waals surface area contributed by atoms with Gasteiger partial charge >= 0.3 is 0 Å². The van der Waals surface area contributed by atoms with Crippen LogP contribution in [0.2, 0.25) is 0 Å². The van der Waals surface area contributed by atoms with Crippen LogP contribution in [0.15, 0.2) is 24.3 Å². The van der Waals surface area contributed by atoms with Crippen molar-refractivity contribution in [3.63, 3.8) is 0 Å². The first-order valence-corrected chi connectivity index (χ1v) is 7.60. The number of ether oxygens (including phenoxy) is 2. The molecule has 0 radical (unpaired) electrons. The van der Waals surface area contributed by atoms with Crippen molar-refractivity contribution in [1.82, 2.24) is 0 Å². The van der Waals surface area contributed by atoms with E-state index in [0.717, 1.165) is 44.7 Å². The number of hydrogen-bond donors (Lipinski definition) is 1. The molecule has 1 saturated heterocycles. The molecule has 1 aromatic carbocycles. The Labute approximate surface area is 121 Å². The molecule has 20 heavy (non-hydrogen) atoms. The van der Waals surface area contributed by atoms with Crippen LogP contribution in [0.3, 0.4) is 0 Å². The zero-order valence-electron chi connectivity index (χ0n) is 12.4. The van der Waals surface area contributed by atoms with Crippen LogP contribution in [-0.4, -0.2) is 39.0 Å². The summed E-state index contributed by atoms with van der Waals surface area (Å²) in [4.78, 5) is 2.39. The van der Waals surface area contributed by atoms with Crippen LogP contribution < -0.4 is 15.4 Å². The maximum absolute atomic E-state index is 5.93. The molecule has 1 aliphatic rings. The molecular formula is C16H26N2O2. The molecule has 0 aliphatic carbocycles. The van der Waals surface area contributed by atoms with Gasteiger partial charge in [-0.15, -0.1) is 0 Å². The van der Waals surface area contributed by atoms with Crippen molar-refractivity contribution >= 4 is 5.69 Å². The van der Waals surface area contributed by atoms with E-state index in [1.807, 2.05) is 12.1 Å². The maximum Gasteiger partial charge on any atom is 0.119 e. The van der Waals surface area contributed by atoms with Gasteiger partial charge in [-0.25, -0.2) is 0 Å². The molecule has 0 amide bonds. The minimum Gasteiger partial charge on any atom is -0.491 e. The van der Waals surface area contributed by atoms with Gasteiger partial charge in [-0.05, 0) is 43.5 Å². The van der Waals surface area contributed by atoms with Crippen LogP contribution in [0.5, 0.6) is 5.75 Å². The van der Waals surface area contributed by atoms with Crippen LogP contribution in [-0.2, 0) is 4.74 Å². The fraction of sp³-hybridized carbons (Fsp3) is 0.625. The summed E-state index contributed by atoms with van der Waals surface area (Å²) in [7, 11) is 0. The Hall–Kier alpha value is -1.26. The molecule has 1 heterocycles. The van der Waals surface area contributed by atoms with Crippen molar-refractivity contribution in [2.75, 3.05) is 37.8 Å². The lowest BCUT2D eigenvalue weighted by atomic mass is 10.1. The lowest BCUT2D eigenvalue weighted by molar-refractivity contribution is 0.101. The zero-order chi connectivity index (χ0) is 14.2. The van der Waals surface area contributed by atoms with E-state index in [4.69, 9.17) is 15.2 Å². The van der Waals surface area contributed by atoms with E-state index in [9.17, 15) is 0 Å². The third-order valence-electron chi connectivity index (χ3n) is 3.59. The Morgan fingerprint density at radius 3 is 2.45 bits per heavy atom. The monoisotopic (exact) mass is 278 g/mol. The Balaban J connectivity index is 1.75. The summed E-state index contributed by atoms with van der Waals surface area (Å²) in [6.45, 7) is 6.27. The molecular weight excluding hydrogens is 252 g/mol. The van der Waals surface area contributed by atoms with E-state index >= 15 is 0 Å². The van der Waals surface area contributed by atoms with Crippen molar-refractivity contribution < 1.29 is 9.47 Å². The minimum absolute atomic E-state index is 0.372. The number of nitrogens with two attached hydrogens (primary N) is 1. The number of anilines is 1. The third-order valence-corrected chi connectivity index (χ3v) is 3.59. The molecule has 4 nitrogen and oxygen atoms in total. The molecule has 0 aromatic heterocycles. The Bertz CT molecular complexity index is 373. The molecule has 0 unspecified atom stereocenters. The van der Waals surface area contributed by atoms with Gasteiger partial charge in [-0.1, -0.05) is 6.92 Å². The fourth-order valence-corrected chi connectivity index (χ4v) is 2.38. The first-order chi connectivity index (χ1) is 9.79. The quantitative estimate of drug-likeness (QED) is 0.778. The van der Waals surface area contributed by atoms with Crippen LogP contribution >= 0.6 is 0 Å². The molecule has 2 N–H and O–H groups in total. The Morgan fingerprint density at radius 2 is 1.80 bits per heavy atom. The second kappa shape index (κ2) is 8.12. The summed E-state index contributed by atoms with van der Waals surface area (Å²) in [5.74, 6) is 0.905. The average Bonchev–Trinajstić information content (AvgIpc) is 2.49. The van der Waals surface area contributed by atoms with Gasteiger partial charge in [0.05, 0.1) is 6.61 Å². The van der Waals surface area contributed by atoms with Crippen molar-refractivity contribution in [1.29, 1.82) is 0 Å². The van der Waals surface area contributed by atoms with Gasteiger partial charge in [-0.2, -0.15) is 0 Å². The molecule has 0 spiro atoms. The number of benzene rings is 1. The van der Waals surface area contributed by atoms with Crippen molar-refractivity contribution in [2.24, 2.45) is 5.73 Å². The van der Waals surface area contributed by atoms with Gasteiger partial charge in [0.2, 0.25) is 0 Å². The highest BCUT2D eigenvalue weighted by Gasteiger charge is 2.16. The van der Waals surface area contributed by atoms with E-state index < -0.39 is 0 Å². The molecule has 4 heteroatoms. The summed E-state index contributed by atoms with van der Waals surface area (Å²) in [5.41, 5.74) is 7.19. The number of piperidine rings is 1.